The molecule has 0 spiro atoms. The molecule has 1 heterocycles. The van der Waals surface area contributed by atoms with E-state index in [-0.39, 0.29) is 5.91 Å². The largest absolute Gasteiger partial charge is 0.323 e. The molecule has 0 saturated carbocycles. The summed E-state index contributed by atoms with van der Waals surface area (Å²) in [5.41, 5.74) is 3.22. The number of aromatic amines is 1. The molecule has 2 aromatic rings. The average Bonchev–Trinajstić information content (AvgIpc) is 2.71. The minimum Gasteiger partial charge on any atom is -0.323 e. The molecule has 0 aliphatic rings. The van der Waals surface area contributed by atoms with Crippen molar-refractivity contribution in [2.45, 2.75) is 27.2 Å². The highest BCUT2D eigenvalue weighted by atomic mass is 35.5. The van der Waals surface area contributed by atoms with Gasteiger partial charge in [-0.3, -0.25) is 9.89 Å². The maximum Gasteiger partial charge on any atom is 0.224 e. The second-order valence-electron chi connectivity index (χ2n) is 5.23. The molecule has 5 heteroatoms. The second kappa shape index (κ2) is 6.09. The second-order valence-corrected chi connectivity index (χ2v) is 5.66. The van der Waals surface area contributed by atoms with E-state index in [9.17, 15) is 4.79 Å². The number of anilines is 1. The van der Waals surface area contributed by atoms with Crippen LogP contribution in [0, 0.1) is 12.8 Å². The lowest BCUT2D eigenvalue weighted by atomic mass is 10.1. The van der Waals surface area contributed by atoms with E-state index in [0.29, 0.717) is 17.4 Å². The average molecular weight is 292 g/mol. The highest BCUT2D eigenvalue weighted by Crippen LogP contribution is 2.29. The SMILES string of the molecule is Cc1[nH]nc(-c2ccc(Cl)cc2)c1NC(=O)CC(C)C. The summed E-state index contributed by atoms with van der Waals surface area (Å²) >= 11 is 5.89. The number of carbonyl (C=O) groups is 1. The van der Waals surface area contributed by atoms with Gasteiger partial charge in [0.1, 0.15) is 5.69 Å². The Balaban J connectivity index is 2.27. The van der Waals surface area contributed by atoms with E-state index in [1.54, 1.807) is 12.1 Å². The minimum absolute atomic E-state index is 0.000265. The predicted molar refractivity (Wildman–Crippen MR) is 81.9 cm³/mol. The molecule has 1 aromatic carbocycles. The van der Waals surface area contributed by atoms with Crippen LogP contribution < -0.4 is 5.32 Å². The third-order valence-corrected chi connectivity index (χ3v) is 3.17. The smallest absolute Gasteiger partial charge is 0.224 e. The van der Waals surface area contributed by atoms with Crippen molar-refractivity contribution < 1.29 is 4.79 Å². The fourth-order valence-corrected chi connectivity index (χ4v) is 2.09. The molecule has 0 radical (unpaired) electrons. The van der Waals surface area contributed by atoms with Gasteiger partial charge in [-0.2, -0.15) is 5.10 Å². The number of carbonyl (C=O) groups excluding carboxylic acids is 1. The maximum atomic E-state index is 11.9. The van der Waals surface area contributed by atoms with Crippen molar-refractivity contribution >= 4 is 23.2 Å². The molecule has 20 heavy (non-hydrogen) atoms. The zero-order valence-corrected chi connectivity index (χ0v) is 12.6. The third kappa shape index (κ3) is 3.39. The van der Waals surface area contributed by atoms with Crippen molar-refractivity contribution in [1.82, 2.24) is 10.2 Å². The summed E-state index contributed by atoms with van der Waals surface area (Å²) in [5.74, 6) is 0.320. The fraction of sp³-hybridized carbons (Fsp3) is 0.333. The Morgan fingerprint density at radius 2 is 2.00 bits per heavy atom. The molecule has 2 N–H and O–H groups in total. The van der Waals surface area contributed by atoms with Crippen LogP contribution >= 0.6 is 11.6 Å². The van der Waals surface area contributed by atoms with E-state index in [1.165, 1.54) is 0 Å². The number of benzene rings is 1. The summed E-state index contributed by atoms with van der Waals surface area (Å²) in [6.07, 6.45) is 0.491. The van der Waals surface area contributed by atoms with Gasteiger partial charge in [0.25, 0.3) is 0 Å². The molecule has 2 rings (SSSR count). The first-order valence-electron chi connectivity index (χ1n) is 6.58. The van der Waals surface area contributed by atoms with E-state index in [1.807, 2.05) is 32.9 Å². The standard InChI is InChI=1S/C15H18ClN3O/c1-9(2)8-13(20)17-14-10(3)18-19-15(14)11-4-6-12(16)7-5-11/h4-7,9H,8H2,1-3H3,(H,17,20)(H,18,19). The number of H-pyrrole nitrogens is 1. The number of rotatable bonds is 4. The number of halogens is 1. The van der Waals surface area contributed by atoms with Crippen LogP contribution in [-0.4, -0.2) is 16.1 Å². The monoisotopic (exact) mass is 291 g/mol. The summed E-state index contributed by atoms with van der Waals surface area (Å²) < 4.78 is 0. The summed E-state index contributed by atoms with van der Waals surface area (Å²) in [6, 6.07) is 7.38. The summed E-state index contributed by atoms with van der Waals surface area (Å²) in [6.45, 7) is 5.92. The Hall–Kier alpha value is -1.81. The van der Waals surface area contributed by atoms with Crippen molar-refractivity contribution in [1.29, 1.82) is 0 Å². The first-order chi connectivity index (χ1) is 9.47. The number of amides is 1. The quantitative estimate of drug-likeness (QED) is 0.894. The Bertz CT molecular complexity index is 602. The van der Waals surface area contributed by atoms with Crippen LogP contribution in [-0.2, 0) is 4.79 Å². The number of aromatic nitrogens is 2. The van der Waals surface area contributed by atoms with Crippen LogP contribution in [0.5, 0.6) is 0 Å². The molecule has 0 unspecified atom stereocenters. The lowest BCUT2D eigenvalue weighted by Crippen LogP contribution is -2.14. The highest BCUT2D eigenvalue weighted by Gasteiger charge is 2.15. The number of hydrogen-bond acceptors (Lipinski definition) is 2. The number of nitrogens with zero attached hydrogens (tertiary/aromatic N) is 1. The molecular formula is C15H18ClN3O. The minimum atomic E-state index is -0.000265. The summed E-state index contributed by atoms with van der Waals surface area (Å²) in [5, 5.41) is 10.8. The van der Waals surface area contributed by atoms with Crippen LogP contribution in [0.3, 0.4) is 0 Å². The molecule has 0 atom stereocenters. The number of nitrogens with one attached hydrogen (secondary N) is 2. The van der Waals surface area contributed by atoms with E-state index in [2.05, 4.69) is 15.5 Å². The van der Waals surface area contributed by atoms with Gasteiger partial charge in [-0.15, -0.1) is 0 Å². The molecule has 0 fully saturated rings. The van der Waals surface area contributed by atoms with Crippen molar-refractivity contribution in [3.05, 3.63) is 35.0 Å². The van der Waals surface area contributed by atoms with E-state index in [4.69, 9.17) is 11.6 Å². The fourth-order valence-electron chi connectivity index (χ4n) is 1.96. The van der Waals surface area contributed by atoms with Crippen molar-refractivity contribution in [3.63, 3.8) is 0 Å². The van der Waals surface area contributed by atoms with Crippen LogP contribution in [0.1, 0.15) is 26.0 Å². The lowest BCUT2D eigenvalue weighted by molar-refractivity contribution is -0.116. The Morgan fingerprint density at radius 1 is 1.35 bits per heavy atom. The van der Waals surface area contributed by atoms with E-state index in [0.717, 1.165) is 22.6 Å². The first-order valence-corrected chi connectivity index (χ1v) is 6.96. The molecule has 0 aliphatic carbocycles. The molecule has 1 aromatic heterocycles. The van der Waals surface area contributed by atoms with Gasteiger partial charge < -0.3 is 5.32 Å². The molecular weight excluding hydrogens is 274 g/mol. The van der Waals surface area contributed by atoms with E-state index < -0.39 is 0 Å². The highest BCUT2D eigenvalue weighted by molar-refractivity contribution is 6.30. The summed E-state index contributed by atoms with van der Waals surface area (Å²) in [4.78, 5) is 11.9. The van der Waals surface area contributed by atoms with Crippen LogP contribution in [0.25, 0.3) is 11.3 Å². The molecule has 4 nitrogen and oxygen atoms in total. The number of hydrogen-bond donors (Lipinski definition) is 2. The van der Waals surface area contributed by atoms with Crippen molar-refractivity contribution in [3.8, 4) is 11.3 Å². The van der Waals surface area contributed by atoms with Crippen LogP contribution in [0.15, 0.2) is 24.3 Å². The molecule has 0 bridgehead atoms. The topological polar surface area (TPSA) is 57.8 Å². The van der Waals surface area contributed by atoms with Gasteiger partial charge in [0.2, 0.25) is 5.91 Å². The molecule has 0 aliphatic heterocycles. The third-order valence-electron chi connectivity index (χ3n) is 2.92. The predicted octanol–water partition coefficient (Wildman–Crippen LogP) is 4.02. The van der Waals surface area contributed by atoms with Crippen molar-refractivity contribution in [2.24, 2.45) is 5.92 Å². The van der Waals surface area contributed by atoms with Crippen LogP contribution in [0.2, 0.25) is 5.02 Å². The van der Waals surface area contributed by atoms with Crippen molar-refractivity contribution in [2.75, 3.05) is 5.32 Å². The maximum absolute atomic E-state index is 11.9. The molecule has 106 valence electrons. The van der Waals surface area contributed by atoms with Gasteiger partial charge >= 0.3 is 0 Å². The zero-order valence-electron chi connectivity index (χ0n) is 11.8. The molecule has 1 amide bonds. The van der Waals surface area contributed by atoms with Gasteiger partial charge in [-0.1, -0.05) is 37.6 Å². The Labute approximate surface area is 123 Å². The lowest BCUT2D eigenvalue weighted by Gasteiger charge is -2.08. The van der Waals surface area contributed by atoms with Gasteiger partial charge in [-0.25, -0.2) is 0 Å². The summed E-state index contributed by atoms with van der Waals surface area (Å²) in [7, 11) is 0. The van der Waals surface area contributed by atoms with Crippen LogP contribution in [0.4, 0.5) is 5.69 Å². The Morgan fingerprint density at radius 3 is 2.60 bits per heavy atom. The van der Waals surface area contributed by atoms with Gasteiger partial charge in [0.15, 0.2) is 0 Å². The Kier molecular flexibility index (Phi) is 4.45. The van der Waals surface area contributed by atoms with Gasteiger partial charge in [0.05, 0.1) is 11.4 Å². The normalized spacial score (nSPS) is 10.8. The first kappa shape index (κ1) is 14.6. The van der Waals surface area contributed by atoms with Gasteiger partial charge in [0, 0.05) is 17.0 Å². The zero-order chi connectivity index (χ0) is 14.7. The van der Waals surface area contributed by atoms with Gasteiger partial charge in [-0.05, 0) is 25.0 Å². The van der Waals surface area contributed by atoms with E-state index >= 15 is 0 Å². The molecule has 0 saturated heterocycles. The number of aryl methyl sites for hydroxylation is 1.